The molecule has 1 aromatic rings. The second kappa shape index (κ2) is 8.00. The predicted octanol–water partition coefficient (Wildman–Crippen LogP) is 1.79. The quantitative estimate of drug-likeness (QED) is 0.476. The van der Waals surface area contributed by atoms with Crippen LogP contribution in [0.5, 0.6) is 5.75 Å². The maximum atomic E-state index is 11.4. The molecule has 1 saturated heterocycles. The normalized spacial score (nSPS) is 16.7. The van der Waals surface area contributed by atoms with Crippen molar-refractivity contribution in [3.8, 4) is 5.75 Å². The first-order chi connectivity index (χ1) is 10.2. The zero-order valence-corrected chi connectivity index (χ0v) is 12.7. The fraction of sp³-hybridized carbons (Fsp3) is 0.562. The molecular formula is C16H25N3O2. The number of rotatable bonds is 6. The first-order valence-corrected chi connectivity index (χ1v) is 7.69. The number of nitrogens with one attached hydrogen (secondary N) is 1. The Morgan fingerprint density at radius 2 is 2.19 bits per heavy atom. The number of carbonyl (C=O) groups is 1. The van der Waals surface area contributed by atoms with Crippen molar-refractivity contribution in [2.75, 3.05) is 26.2 Å². The van der Waals surface area contributed by atoms with Crippen molar-refractivity contribution < 1.29 is 9.53 Å². The van der Waals surface area contributed by atoms with Gasteiger partial charge in [0.05, 0.1) is 0 Å². The summed E-state index contributed by atoms with van der Waals surface area (Å²) < 4.78 is 5.73. The fourth-order valence-electron chi connectivity index (χ4n) is 2.72. The number of carbonyl (C=O) groups excluding carboxylic acids is 1. The van der Waals surface area contributed by atoms with E-state index < -0.39 is 0 Å². The number of likely N-dealkylation sites (tertiary alicyclic amines) is 1. The molecule has 0 radical (unpaired) electrons. The highest BCUT2D eigenvalue weighted by molar-refractivity contribution is 5.94. The Balaban J connectivity index is 1.75. The van der Waals surface area contributed by atoms with E-state index in [1.54, 1.807) is 18.2 Å². The number of ether oxygens (including phenoxy) is 1. The maximum absolute atomic E-state index is 11.4. The number of hydrazine groups is 1. The summed E-state index contributed by atoms with van der Waals surface area (Å²) in [5.41, 5.74) is 2.64. The Labute approximate surface area is 126 Å². The van der Waals surface area contributed by atoms with Crippen LogP contribution in [-0.4, -0.2) is 37.0 Å². The van der Waals surface area contributed by atoms with Gasteiger partial charge < -0.3 is 4.74 Å². The van der Waals surface area contributed by atoms with Crippen molar-refractivity contribution in [3.05, 3.63) is 29.8 Å². The first-order valence-electron chi connectivity index (χ1n) is 7.69. The van der Waals surface area contributed by atoms with E-state index in [2.05, 4.69) is 17.2 Å². The zero-order valence-electron chi connectivity index (χ0n) is 12.7. The molecule has 0 spiro atoms. The molecule has 0 aromatic heterocycles. The minimum Gasteiger partial charge on any atom is -0.492 e. The minimum atomic E-state index is -0.304. The van der Waals surface area contributed by atoms with E-state index in [-0.39, 0.29) is 5.91 Å². The second-order valence-corrected chi connectivity index (χ2v) is 5.54. The van der Waals surface area contributed by atoms with Gasteiger partial charge in [0.2, 0.25) is 0 Å². The number of nitrogens with zero attached hydrogens (tertiary/aromatic N) is 1. The molecule has 2 rings (SSSR count). The van der Waals surface area contributed by atoms with Crippen LogP contribution in [0.25, 0.3) is 0 Å². The summed E-state index contributed by atoms with van der Waals surface area (Å²) in [6.45, 7) is 6.18. The number of amides is 1. The summed E-state index contributed by atoms with van der Waals surface area (Å²) in [5, 5.41) is 0. The lowest BCUT2D eigenvalue weighted by Crippen LogP contribution is -2.36. The summed E-state index contributed by atoms with van der Waals surface area (Å²) in [4.78, 5) is 13.9. The molecule has 1 aliphatic rings. The molecule has 1 fully saturated rings. The van der Waals surface area contributed by atoms with Gasteiger partial charge in [-0.2, -0.15) is 0 Å². The highest BCUT2D eigenvalue weighted by atomic mass is 16.5. The molecule has 0 aliphatic carbocycles. The van der Waals surface area contributed by atoms with Crippen LogP contribution in [0.15, 0.2) is 24.3 Å². The van der Waals surface area contributed by atoms with Gasteiger partial charge in [0.15, 0.2) is 0 Å². The van der Waals surface area contributed by atoms with Crippen LogP contribution in [-0.2, 0) is 0 Å². The van der Waals surface area contributed by atoms with Crippen LogP contribution in [0.4, 0.5) is 0 Å². The Hall–Kier alpha value is -1.59. The van der Waals surface area contributed by atoms with Gasteiger partial charge in [0, 0.05) is 12.1 Å². The lowest BCUT2D eigenvalue weighted by Gasteiger charge is -2.31. The molecule has 0 bridgehead atoms. The molecule has 0 atom stereocenters. The molecular weight excluding hydrogens is 266 g/mol. The van der Waals surface area contributed by atoms with Gasteiger partial charge in [-0.3, -0.25) is 15.1 Å². The van der Waals surface area contributed by atoms with E-state index in [0.29, 0.717) is 17.9 Å². The van der Waals surface area contributed by atoms with Gasteiger partial charge in [-0.05, 0) is 50.0 Å². The minimum absolute atomic E-state index is 0.304. The average molecular weight is 291 g/mol. The topological polar surface area (TPSA) is 67.6 Å². The van der Waals surface area contributed by atoms with Crippen molar-refractivity contribution >= 4 is 5.91 Å². The molecule has 21 heavy (non-hydrogen) atoms. The Bertz CT molecular complexity index is 457. The molecule has 1 heterocycles. The number of nitrogens with two attached hydrogens (primary N) is 1. The molecule has 5 nitrogen and oxygen atoms in total. The molecule has 1 aliphatic heterocycles. The van der Waals surface area contributed by atoms with E-state index in [4.69, 9.17) is 10.6 Å². The monoisotopic (exact) mass is 291 g/mol. The average Bonchev–Trinajstić information content (AvgIpc) is 2.55. The lowest BCUT2D eigenvalue weighted by molar-refractivity contribution is 0.0953. The Kier molecular flexibility index (Phi) is 6.02. The number of benzene rings is 1. The van der Waals surface area contributed by atoms with Gasteiger partial charge in [-0.25, -0.2) is 5.84 Å². The molecule has 0 unspecified atom stereocenters. The number of piperidine rings is 1. The Morgan fingerprint density at radius 1 is 1.43 bits per heavy atom. The third-order valence-electron chi connectivity index (χ3n) is 4.19. The highest BCUT2D eigenvalue weighted by Gasteiger charge is 2.17. The summed E-state index contributed by atoms with van der Waals surface area (Å²) in [6.07, 6.45) is 3.88. The SMILES string of the molecule is CCC1CCN(CCOc2cccc(C(=O)NN)c2)CC1. The van der Waals surface area contributed by atoms with Gasteiger partial charge in [0.1, 0.15) is 12.4 Å². The summed E-state index contributed by atoms with van der Waals surface area (Å²) in [5.74, 6) is 6.43. The molecule has 1 aromatic carbocycles. The van der Waals surface area contributed by atoms with Crippen LogP contribution < -0.4 is 16.0 Å². The number of hydrogen-bond acceptors (Lipinski definition) is 4. The fourth-order valence-corrected chi connectivity index (χ4v) is 2.72. The van der Waals surface area contributed by atoms with Crippen LogP contribution in [0.1, 0.15) is 36.5 Å². The van der Waals surface area contributed by atoms with Crippen molar-refractivity contribution in [1.29, 1.82) is 0 Å². The molecule has 3 N–H and O–H groups in total. The first kappa shape index (κ1) is 15.8. The lowest BCUT2D eigenvalue weighted by atomic mass is 9.94. The second-order valence-electron chi connectivity index (χ2n) is 5.54. The van der Waals surface area contributed by atoms with Crippen LogP contribution in [0.2, 0.25) is 0 Å². The van der Waals surface area contributed by atoms with E-state index in [9.17, 15) is 4.79 Å². The van der Waals surface area contributed by atoms with E-state index >= 15 is 0 Å². The highest BCUT2D eigenvalue weighted by Crippen LogP contribution is 2.19. The number of nitrogen functional groups attached to an aromatic ring is 1. The Morgan fingerprint density at radius 3 is 2.86 bits per heavy atom. The largest absolute Gasteiger partial charge is 0.492 e. The van der Waals surface area contributed by atoms with Crippen LogP contribution in [0.3, 0.4) is 0 Å². The van der Waals surface area contributed by atoms with Crippen molar-refractivity contribution in [3.63, 3.8) is 0 Å². The smallest absolute Gasteiger partial charge is 0.265 e. The van der Waals surface area contributed by atoms with Gasteiger partial charge in [0.25, 0.3) is 5.91 Å². The summed E-state index contributed by atoms with van der Waals surface area (Å²) >= 11 is 0. The zero-order chi connectivity index (χ0) is 15.1. The third-order valence-corrected chi connectivity index (χ3v) is 4.19. The van der Waals surface area contributed by atoms with E-state index in [1.807, 2.05) is 6.07 Å². The third kappa shape index (κ3) is 4.72. The number of hydrogen-bond donors (Lipinski definition) is 2. The van der Waals surface area contributed by atoms with Crippen molar-refractivity contribution in [1.82, 2.24) is 10.3 Å². The summed E-state index contributed by atoms with van der Waals surface area (Å²) in [6, 6.07) is 7.08. The molecule has 5 heteroatoms. The van der Waals surface area contributed by atoms with Crippen molar-refractivity contribution in [2.45, 2.75) is 26.2 Å². The molecule has 1 amide bonds. The van der Waals surface area contributed by atoms with Gasteiger partial charge >= 0.3 is 0 Å². The van der Waals surface area contributed by atoms with Crippen LogP contribution >= 0.6 is 0 Å². The van der Waals surface area contributed by atoms with Gasteiger partial charge in [-0.1, -0.05) is 19.4 Å². The standard InChI is InChI=1S/C16H25N3O2/c1-2-13-6-8-19(9-7-13)10-11-21-15-5-3-4-14(12-15)16(20)18-17/h3-5,12-13H,2,6-11,17H2,1H3,(H,18,20). The summed E-state index contributed by atoms with van der Waals surface area (Å²) in [7, 11) is 0. The molecule has 0 saturated carbocycles. The maximum Gasteiger partial charge on any atom is 0.265 e. The van der Waals surface area contributed by atoms with Crippen LogP contribution in [0, 0.1) is 5.92 Å². The van der Waals surface area contributed by atoms with Gasteiger partial charge in [-0.15, -0.1) is 0 Å². The molecule has 116 valence electrons. The van der Waals surface area contributed by atoms with Crippen molar-refractivity contribution in [2.24, 2.45) is 11.8 Å². The van der Waals surface area contributed by atoms with E-state index in [1.165, 1.54) is 19.3 Å². The van der Waals surface area contributed by atoms with E-state index in [0.717, 1.165) is 25.6 Å². The predicted molar refractivity (Wildman–Crippen MR) is 83.0 cm³/mol.